The molecule has 7 nitrogen and oxygen atoms in total. The van der Waals surface area contributed by atoms with Gasteiger partial charge in [-0.15, -0.1) is 0 Å². The van der Waals surface area contributed by atoms with Crippen molar-refractivity contribution < 1.29 is 9.90 Å². The van der Waals surface area contributed by atoms with E-state index in [2.05, 4.69) is 22.1 Å². The zero-order valence-corrected chi connectivity index (χ0v) is 15.5. The van der Waals surface area contributed by atoms with Gasteiger partial charge in [0.2, 0.25) is 0 Å². The molecule has 0 unspecified atom stereocenters. The molecule has 4 rings (SSSR count). The maximum absolute atomic E-state index is 12.8. The quantitative estimate of drug-likeness (QED) is 0.753. The van der Waals surface area contributed by atoms with Gasteiger partial charge in [-0.05, 0) is 25.7 Å². The molecular weight excluding hydrogens is 342 g/mol. The van der Waals surface area contributed by atoms with Crippen molar-refractivity contribution in [1.29, 1.82) is 0 Å². The topological polar surface area (TPSA) is 74.5 Å². The van der Waals surface area contributed by atoms with Crippen LogP contribution in [0.15, 0.2) is 48.9 Å². The summed E-state index contributed by atoms with van der Waals surface area (Å²) in [5.41, 5.74) is 3.11. The predicted molar refractivity (Wildman–Crippen MR) is 102 cm³/mol. The van der Waals surface area contributed by atoms with Gasteiger partial charge in [-0.3, -0.25) is 4.79 Å². The van der Waals surface area contributed by atoms with Crippen molar-refractivity contribution in [1.82, 2.24) is 24.3 Å². The summed E-state index contributed by atoms with van der Waals surface area (Å²) in [6.07, 6.45) is 2.81. The third-order valence-electron chi connectivity index (χ3n) is 5.11. The van der Waals surface area contributed by atoms with Crippen LogP contribution in [0.2, 0.25) is 0 Å². The van der Waals surface area contributed by atoms with Crippen LogP contribution in [0.1, 0.15) is 15.9 Å². The van der Waals surface area contributed by atoms with Gasteiger partial charge in [0.1, 0.15) is 5.52 Å². The summed E-state index contributed by atoms with van der Waals surface area (Å²) in [6, 6.07) is 11.8. The number of nitrogens with zero attached hydrogens (tertiary/aromatic N) is 5. The van der Waals surface area contributed by atoms with Crippen molar-refractivity contribution in [2.24, 2.45) is 0 Å². The van der Waals surface area contributed by atoms with E-state index in [4.69, 9.17) is 0 Å². The average molecular weight is 365 g/mol. The number of carbonyl (C=O) groups excluding carboxylic acids is 1. The van der Waals surface area contributed by atoms with Crippen molar-refractivity contribution in [3.8, 4) is 0 Å². The highest BCUT2D eigenvalue weighted by molar-refractivity contribution is 5.96. The molecule has 1 aliphatic rings. The molecule has 3 heterocycles. The van der Waals surface area contributed by atoms with Gasteiger partial charge in [-0.25, -0.2) is 9.97 Å². The number of β-amino-alcohol motifs (C(OH)–C–C–N with tert-alkyl or cyclic N) is 1. The molecule has 1 aliphatic heterocycles. The van der Waals surface area contributed by atoms with Crippen LogP contribution < -0.4 is 0 Å². The number of aliphatic hydroxyl groups excluding tert-OH is 1. The second-order valence-corrected chi connectivity index (χ2v) is 7.23. The molecule has 7 heteroatoms. The molecular formula is C20H23N5O2. The summed E-state index contributed by atoms with van der Waals surface area (Å²) in [6.45, 7) is 1.52. The molecule has 140 valence electrons. The lowest BCUT2D eigenvalue weighted by Crippen LogP contribution is -2.38. The number of amides is 1. The molecule has 1 N–H and O–H groups in total. The summed E-state index contributed by atoms with van der Waals surface area (Å²) < 4.78 is 1.97. The Labute approximate surface area is 157 Å². The fraction of sp³-hybridized carbons (Fsp3) is 0.350. The number of benzene rings is 1. The van der Waals surface area contributed by atoms with Crippen molar-refractivity contribution in [2.75, 3.05) is 27.2 Å². The van der Waals surface area contributed by atoms with E-state index in [9.17, 15) is 9.90 Å². The highest BCUT2D eigenvalue weighted by Gasteiger charge is 2.35. The number of imidazole rings is 1. The van der Waals surface area contributed by atoms with Crippen LogP contribution in [0.3, 0.4) is 0 Å². The Bertz CT molecular complexity index is 953. The number of pyridine rings is 1. The van der Waals surface area contributed by atoms with Gasteiger partial charge < -0.3 is 19.5 Å². The van der Waals surface area contributed by atoms with E-state index in [0.717, 1.165) is 5.65 Å². The second kappa shape index (κ2) is 7.09. The average Bonchev–Trinajstić information content (AvgIpc) is 3.25. The minimum Gasteiger partial charge on any atom is -0.390 e. The molecule has 27 heavy (non-hydrogen) atoms. The van der Waals surface area contributed by atoms with Crippen LogP contribution in [0.4, 0.5) is 0 Å². The Morgan fingerprint density at radius 2 is 2.00 bits per heavy atom. The fourth-order valence-corrected chi connectivity index (χ4v) is 3.59. The number of hydrogen-bond donors (Lipinski definition) is 1. The maximum atomic E-state index is 12.8. The van der Waals surface area contributed by atoms with Gasteiger partial charge in [-0.2, -0.15) is 0 Å². The lowest BCUT2D eigenvalue weighted by Gasteiger charge is -2.21. The van der Waals surface area contributed by atoms with Crippen LogP contribution >= 0.6 is 0 Å². The molecule has 1 amide bonds. The van der Waals surface area contributed by atoms with Crippen molar-refractivity contribution >= 4 is 17.1 Å². The second-order valence-electron chi connectivity index (χ2n) is 7.23. The lowest BCUT2D eigenvalue weighted by atomic mass is 10.2. The smallest absolute Gasteiger partial charge is 0.255 e. The third-order valence-corrected chi connectivity index (χ3v) is 5.11. The SMILES string of the molecule is CN(C)[C@H]1CN(C(=O)c2cnc3c(c2)ncn3Cc2ccccc2)C[C@@H]1O. The Balaban J connectivity index is 1.55. The van der Waals surface area contributed by atoms with Crippen LogP contribution in [0.5, 0.6) is 0 Å². The maximum Gasteiger partial charge on any atom is 0.255 e. The summed E-state index contributed by atoms with van der Waals surface area (Å²) in [4.78, 5) is 25.4. The normalized spacial score (nSPS) is 19.9. The number of hydrogen-bond acceptors (Lipinski definition) is 5. The first-order valence-electron chi connectivity index (χ1n) is 9.01. The van der Waals surface area contributed by atoms with Gasteiger partial charge in [0.05, 0.1) is 30.6 Å². The molecule has 0 spiro atoms. The van der Waals surface area contributed by atoms with Gasteiger partial charge in [-0.1, -0.05) is 30.3 Å². The Kier molecular flexibility index (Phi) is 4.63. The van der Waals surface area contributed by atoms with Crippen LogP contribution in [0.25, 0.3) is 11.2 Å². The highest BCUT2D eigenvalue weighted by Crippen LogP contribution is 2.19. The lowest BCUT2D eigenvalue weighted by molar-refractivity contribution is 0.0763. The number of aromatic nitrogens is 3. The minimum absolute atomic E-state index is 0.0456. The van der Waals surface area contributed by atoms with Crippen LogP contribution in [-0.4, -0.2) is 74.7 Å². The molecule has 2 atom stereocenters. The van der Waals surface area contributed by atoms with Crippen molar-refractivity contribution in [3.05, 3.63) is 60.0 Å². The molecule has 1 saturated heterocycles. The molecule has 0 aliphatic carbocycles. The fourth-order valence-electron chi connectivity index (χ4n) is 3.59. The Morgan fingerprint density at radius 1 is 1.22 bits per heavy atom. The zero-order chi connectivity index (χ0) is 19.0. The molecule has 0 radical (unpaired) electrons. The van der Waals surface area contributed by atoms with Gasteiger partial charge in [0, 0.05) is 19.3 Å². The Morgan fingerprint density at radius 3 is 2.70 bits per heavy atom. The van der Waals surface area contributed by atoms with E-state index in [1.165, 1.54) is 5.56 Å². The molecule has 1 fully saturated rings. The first kappa shape index (κ1) is 17.6. The van der Waals surface area contributed by atoms with E-state index < -0.39 is 6.10 Å². The standard InChI is InChI=1S/C20H23N5O2/c1-23(2)17-11-24(12-18(17)26)20(27)15-8-16-19(21-9-15)25(13-22-16)10-14-6-4-3-5-7-14/h3-9,13,17-18,26H,10-12H2,1-2H3/t17-,18-/m0/s1. The van der Waals surface area contributed by atoms with E-state index in [1.54, 1.807) is 23.5 Å². The van der Waals surface area contributed by atoms with Gasteiger partial charge in [0.25, 0.3) is 5.91 Å². The number of aliphatic hydroxyl groups is 1. The van der Waals surface area contributed by atoms with E-state index >= 15 is 0 Å². The number of likely N-dealkylation sites (tertiary alicyclic amines) is 1. The largest absolute Gasteiger partial charge is 0.390 e. The number of likely N-dealkylation sites (N-methyl/N-ethyl adjacent to an activating group) is 1. The van der Waals surface area contributed by atoms with Crippen molar-refractivity contribution in [2.45, 2.75) is 18.7 Å². The van der Waals surface area contributed by atoms with Crippen LogP contribution in [-0.2, 0) is 6.54 Å². The predicted octanol–water partition coefficient (Wildman–Crippen LogP) is 1.23. The van der Waals surface area contributed by atoms with Gasteiger partial charge >= 0.3 is 0 Å². The highest BCUT2D eigenvalue weighted by atomic mass is 16.3. The minimum atomic E-state index is -0.536. The summed E-state index contributed by atoms with van der Waals surface area (Å²) >= 11 is 0. The van der Waals surface area contributed by atoms with Gasteiger partial charge in [0.15, 0.2) is 5.65 Å². The van der Waals surface area contributed by atoms with E-state index in [1.807, 2.05) is 41.8 Å². The first-order valence-corrected chi connectivity index (χ1v) is 9.01. The molecule has 3 aromatic rings. The first-order chi connectivity index (χ1) is 13.0. The third kappa shape index (κ3) is 3.43. The number of carbonyl (C=O) groups is 1. The number of rotatable bonds is 4. The van der Waals surface area contributed by atoms with E-state index in [0.29, 0.717) is 30.7 Å². The zero-order valence-electron chi connectivity index (χ0n) is 15.5. The Hall–Kier alpha value is -2.77. The summed E-state index contributed by atoms with van der Waals surface area (Å²) in [7, 11) is 3.82. The molecule has 0 saturated carbocycles. The molecule has 2 aromatic heterocycles. The van der Waals surface area contributed by atoms with Crippen molar-refractivity contribution in [3.63, 3.8) is 0 Å². The number of fused-ring (bicyclic) bond motifs is 1. The summed E-state index contributed by atoms with van der Waals surface area (Å²) in [5.74, 6) is -0.120. The molecule has 0 bridgehead atoms. The monoisotopic (exact) mass is 365 g/mol. The summed E-state index contributed by atoms with van der Waals surface area (Å²) in [5, 5.41) is 10.2. The van der Waals surface area contributed by atoms with Crippen LogP contribution in [0, 0.1) is 0 Å². The molecule has 1 aromatic carbocycles. The van der Waals surface area contributed by atoms with E-state index in [-0.39, 0.29) is 11.9 Å².